The highest BCUT2D eigenvalue weighted by Crippen LogP contribution is 2.23. The number of carbonyl (C=O) groups is 1. The van der Waals surface area contributed by atoms with Crippen LogP contribution in [0, 0.1) is 0 Å². The number of hydrogen-bond donors (Lipinski definition) is 3. The SMILES string of the molecule is CC(CN)NC(=O)c1cc2cccc(Cl)c2[nH]1. The van der Waals surface area contributed by atoms with Crippen LogP contribution >= 0.6 is 11.6 Å². The van der Waals surface area contributed by atoms with Crippen LogP contribution in [0.25, 0.3) is 10.9 Å². The normalized spacial score (nSPS) is 12.6. The monoisotopic (exact) mass is 251 g/mol. The van der Waals surface area contributed by atoms with Gasteiger partial charge in [0.25, 0.3) is 5.91 Å². The lowest BCUT2D eigenvalue weighted by atomic mass is 10.2. The number of H-pyrrole nitrogens is 1. The van der Waals surface area contributed by atoms with E-state index in [2.05, 4.69) is 10.3 Å². The maximum atomic E-state index is 11.9. The Hall–Kier alpha value is -1.52. The molecule has 1 unspecified atom stereocenters. The summed E-state index contributed by atoms with van der Waals surface area (Å²) in [4.78, 5) is 14.9. The molecule has 17 heavy (non-hydrogen) atoms. The lowest BCUT2D eigenvalue weighted by Gasteiger charge is -2.09. The lowest BCUT2D eigenvalue weighted by Crippen LogP contribution is -2.37. The second-order valence-corrected chi connectivity index (χ2v) is 4.40. The summed E-state index contributed by atoms with van der Waals surface area (Å²) < 4.78 is 0. The molecule has 0 aliphatic rings. The van der Waals surface area contributed by atoms with Gasteiger partial charge in [-0.2, -0.15) is 0 Å². The van der Waals surface area contributed by atoms with Crippen molar-refractivity contribution in [3.8, 4) is 0 Å². The third-order valence-corrected chi connectivity index (χ3v) is 2.90. The van der Waals surface area contributed by atoms with Gasteiger partial charge in [0, 0.05) is 18.0 Å². The number of nitrogens with one attached hydrogen (secondary N) is 2. The van der Waals surface area contributed by atoms with E-state index in [9.17, 15) is 4.79 Å². The number of carbonyl (C=O) groups excluding carboxylic acids is 1. The minimum atomic E-state index is -0.171. The smallest absolute Gasteiger partial charge is 0.267 e. The van der Waals surface area contributed by atoms with E-state index in [1.54, 1.807) is 12.1 Å². The molecule has 1 atom stereocenters. The number of benzene rings is 1. The van der Waals surface area contributed by atoms with Crippen molar-refractivity contribution in [2.45, 2.75) is 13.0 Å². The van der Waals surface area contributed by atoms with Gasteiger partial charge in [-0.05, 0) is 19.1 Å². The van der Waals surface area contributed by atoms with Crippen LogP contribution in [0.3, 0.4) is 0 Å². The maximum absolute atomic E-state index is 11.9. The van der Waals surface area contributed by atoms with Crippen LogP contribution in [0.4, 0.5) is 0 Å². The summed E-state index contributed by atoms with van der Waals surface area (Å²) in [5.41, 5.74) is 6.72. The highest BCUT2D eigenvalue weighted by molar-refractivity contribution is 6.35. The van der Waals surface area contributed by atoms with Crippen molar-refractivity contribution in [2.24, 2.45) is 5.73 Å². The quantitative estimate of drug-likeness (QED) is 0.780. The van der Waals surface area contributed by atoms with Crippen molar-refractivity contribution >= 4 is 28.4 Å². The summed E-state index contributed by atoms with van der Waals surface area (Å²) in [6.45, 7) is 2.26. The molecule has 2 rings (SSSR count). The molecular weight excluding hydrogens is 238 g/mol. The van der Waals surface area contributed by atoms with Gasteiger partial charge < -0.3 is 16.0 Å². The molecule has 1 aromatic heterocycles. The first-order valence-corrected chi connectivity index (χ1v) is 5.77. The topological polar surface area (TPSA) is 70.9 Å². The summed E-state index contributed by atoms with van der Waals surface area (Å²) >= 11 is 6.03. The van der Waals surface area contributed by atoms with Crippen LogP contribution in [-0.4, -0.2) is 23.5 Å². The van der Waals surface area contributed by atoms with E-state index in [1.807, 2.05) is 19.1 Å². The number of rotatable bonds is 3. The number of para-hydroxylation sites is 1. The molecule has 0 saturated heterocycles. The number of halogens is 1. The molecule has 1 amide bonds. The molecule has 0 radical (unpaired) electrons. The van der Waals surface area contributed by atoms with Gasteiger partial charge in [0.1, 0.15) is 5.69 Å². The zero-order chi connectivity index (χ0) is 12.4. The summed E-state index contributed by atoms with van der Waals surface area (Å²) in [6.07, 6.45) is 0. The van der Waals surface area contributed by atoms with E-state index < -0.39 is 0 Å². The summed E-state index contributed by atoms with van der Waals surface area (Å²) in [5, 5.41) is 4.31. The molecular formula is C12H14ClN3O. The standard InChI is InChI=1S/C12H14ClN3O/c1-7(6-14)15-12(17)10-5-8-3-2-4-9(13)11(8)16-10/h2-5,7,16H,6,14H2,1H3,(H,15,17). The van der Waals surface area contributed by atoms with Gasteiger partial charge in [-0.3, -0.25) is 4.79 Å². The van der Waals surface area contributed by atoms with Gasteiger partial charge in [-0.25, -0.2) is 0 Å². The Bertz CT molecular complexity index is 550. The van der Waals surface area contributed by atoms with Crippen molar-refractivity contribution in [1.29, 1.82) is 0 Å². The Balaban J connectivity index is 2.30. The molecule has 90 valence electrons. The van der Waals surface area contributed by atoms with Crippen molar-refractivity contribution < 1.29 is 4.79 Å². The molecule has 0 aliphatic heterocycles. The second kappa shape index (κ2) is 4.77. The highest BCUT2D eigenvalue weighted by atomic mass is 35.5. The third kappa shape index (κ3) is 2.43. The Morgan fingerprint density at radius 1 is 1.59 bits per heavy atom. The van der Waals surface area contributed by atoms with Crippen molar-refractivity contribution in [3.63, 3.8) is 0 Å². The number of hydrogen-bond acceptors (Lipinski definition) is 2. The van der Waals surface area contributed by atoms with E-state index in [4.69, 9.17) is 17.3 Å². The van der Waals surface area contributed by atoms with E-state index in [0.29, 0.717) is 17.3 Å². The van der Waals surface area contributed by atoms with Crippen molar-refractivity contribution in [1.82, 2.24) is 10.3 Å². The first-order chi connectivity index (χ1) is 8.11. The van der Waals surface area contributed by atoms with Gasteiger partial charge in [0.2, 0.25) is 0 Å². The number of aromatic nitrogens is 1. The van der Waals surface area contributed by atoms with Crippen LogP contribution in [-0.2, 0) is 0 Å². The molecule has 0 spiro atoms. The largest absolute Gasteiger partial charge is 0.349 e. The van der Waals surface area contributed by atoms with Crippen molar-refractivity contribution in [3.05, 3.63) is 35.0 Å². The lowest BCUT2D eigenvalue weighted by molar-refractivity contribution is 0.0937. The van der Waals surface area contributed by atoms with Gasteiger partial charge in [0.05, 0.1) is 10.5 Å². The molecule has 1 aromatic carbocycles. The molecule has 0 fully saturated rings. The van der Waals surface area contributed by atoms with Gasteiger partial charge in [-0.15, -0.1) is 0 Å². The summed E-state index contributed by atoms with van der Waals surface area (Å²) in [5.74, 6) is -0.171. The first kappa shape index (κ1) is 12.0. The second-order valence-electron chi connectivity index (χ2n) is 4.00. The fourth-order valence-corrected chi connectivity index (χ4v) is 1.83. The molecule has 0 bridgehead atoms. The van der Waals surface area contributed by atoms with Crippen LogP contribution in [0.5, 0.6) is 0 Å². The zero-order valence-corrected chi connectivity index (χ0v) is 10.2. The fourth-order valence-electron chi connectivity index (χ4n) is 1.60. The Morgan fingerprint density at radius 3 is 3.00 bits per heavy atom. The Morgan fingerprint density at radius 2 is 2.35 bits per heavy atom. The fraction of sp³-hybridized carbons (Fsp3) is 0.250. The van der Waals surface area contributed by atoms with Gasteiger partial charge in [0.15, 0.2) is 0 Å². The van der Waals surface area contributed by atoms with Crippen LogP contribution in [0.15, 0.2) is 24.3 Å². The van der Waals surface area contributed by atoms with E-state index in [0.717, 1.165) is 10.9 Å². The Kier molecular flexibility index (Phi) is 3.36. The molecule has 0 aliphatic carbocycles. The molecule has 4 nitrogen and oxygen atoms in total. The molecule has 1 heterocycles. The molecule has 4 N–H and O–H groups in total. The predicted octanol–water partition coefficient (Wildman–Crippen LogP) is 1.90. The average Bonchev–Trinajstić information content (AvgIpc) is 2.74. The molecule has 0 saturated carbocycles. The van der Waals surface area contributed by atoms with E-state index in [-0.39, 0.29) is 11.9 Å². The van der Waals surface area contributed by atoms with Crippen LogP contribution in [0.2, 0.25) is 5.02 Å². The zero-order valence-electron chi connectivity index (χ0n) is 9.46. The minimum absolute atomic E-state index is 0.0515. The Labute approximate surface area is 104 Å². The number of aromatic amines is 1. The minimum Gasteiger partial charge on any atom is -0.349 e. The highest BCUT2D eigenvalue weighted by Gasteiger charge is 2.12. The van der Waals surface area contributed by atoms with E-state index in [1.165, 1.54) is 0 Å². The van der Waals surface area contributed by atoms with Gasteiger partial charge >= 0.3 is 0 Å². The number of nitrogens with two attached hydrogens (primary N) is 1. The van der Waals surface area contributed by atoms with Gasteiger partial charge in [-0.1, -0.05) is 23.7 Å². The summed E-state index contributed by atoms with van der Waals surface area (Å²) in [6, 6.07) is 7.26. The summed E-state index contributed by atoms with van der Waals surface area (Å²) in [7, 11) is 0. The first-order valence-electron chi connectivity index (χ1n) is 5.40. The predicted molar refractivity (Wildman–Crippen MR) is 69.3 cm³/mol. The maximum Gasteiger partial charge on any atom is 0.267 e. The molecule has 5 heteroatoms. The molecule has 2 aromatic rings. The van der Waals surface area contributed by atoms with Crippen LogP contribution in [0.1, 0.15) is 17.4 Å². The average molecular weight is 252 g/mol. The van der Waals surface area contributed by atoms with Crippen LogP contribution < -0.4 is 11.1 Å². The third-order valence-electron chi connectivity index (χ3n) is 2.58. The van der Waals surface area contributed by atoms with Crippen molar-refractivity contribution in [2.75, 3.05) is 6.54 Å². The van der Waals surface area contributed by atoms with E-state index >= 15 is 0 Å². The number of fused-ring (bicyclic) bond motifs is 1. The number of amides is 1.